The second-order valence-corrected chi connectivity index (χ2v) is 7.32. The molecule has 0 aliphatic heterocycles. The van der Waals surface area contributed by atoms with E-state index in [1.165, 1.54) is 33.0 Å². The molecule has 2 aromatic carbocycles. The number of amides is 1. The number of nitrogens with one attached hydrogen (secondary N) is 3. The van der Waals surface area contributed by atoms with Gasteiger partial charge in [0.1, 0.15) is 0 Å². The molecule has 4 heteroatoms. The van der Waals surface area contributed by atoms with Crippen LogP contribution in [0.3, 0.4) is 0 Å². The molecule has 28 heavy (non-hydrogen) atoms. The number of rotatable bonds is 8. The first kappa shape index (κ1) is 18.4. The van der Waals surface area contributed by atoms with Crippen molar-refractivity contribution < 1.29 is 4.79 Å². The summed E-state index contributed by atoms with van der Waals surface area (Å²) >= 11 is 0. The van der Waals surface area contributed by atoms with E-state index in [-0.39, 0.29) is 5.91 Å². The third-order valence-corrected chi connectivity index (χ3v) is 5.51. The van der Waals surface area contributed by atoms with Crippen LogP contribution in [0.4, 0.5) is 0 Å². The minimum atomic E-state index is 0.133. The molecule has 0 bridgehead atoms. The molecule has 0 saturated heterocycles. The second kappa shape index (κ2) is 8.34. The smallest absolute Gasteiger partial charge is 0.220 e. The van der Waals surface area contributed by atoms with Crippen molar-refractivity contribution >= 4 is 27.7 Å². The van der Waals surface area contributed by atoms with Crippen LogP contribution in [0.2, 0.25) is 0 Å². The molecule has 0 radical (unpaired) electrons. The Bertz CT molecular complexity index is 1090. The average Bonchev–Trinajstić information content (AvgIpc) is 3.32. The molecular weight excluding hydrogens is 346 g/mol. The molecule has 2 heterocycles. The van der Waals surface area contributed by atoms with Gasteiger partial charge in [-0.15, -0.1) is 0 Å². The number of aromatic amines is 2. The van der Waals surface area contributed by atoms with Gasteiger partial charge in [0.2, 0.25) is 5.91 Å². The lowest BCUT2D eigenvalue weighted by atomic mass is 10.1. The van der Waals surface area contributed by atoms with E-state index in [0.717, 1.165) is 31.2 Å². The summed E-state index contributed by atoms with van der Waals surface area (Å²) < 4.78 is 0. The van der Waals surface area contributed by atoms with E-state index < -0.39 is 0 Å². The van der Waals surface area contributed by atoms with Crippen molar-refractivity contribution in [2.45, 2.75) is 39.0 Å². The fourth-order valence-corrected chi connectivity index (χ4v) is 3.98. The molecule has 4 rings (SSSR count). The van der Waals surface area contributed by atoms with Crippen LogP contribution >= 0.6 is 0 Å². The highest BCUT2D eigenvalue weighted by atomic mass is 16.1. The molecule has 0 aliphatic carbocycles. The molecule has 1 amide bonds. The van der Waals surface area contributed by atoms with E-state index in [9.17, 15) is 4.79 Å². The molecular formula is C24H27N3O. The molecule has 0 unspecified atom stereocenters. The number of hydrogen-bond acceptors (Lipinski definition) is 1. The van der Waals surface area contributed by atoms with Gasteiger partial charge in [-0.3, -0.25) is 4.79 Å². The molecule has 3 N–H and O–H groups in total. The van der Waals surface area contributed by atoms with E-state index >= 15 is 0 Å². The molecule has 4 aromatic rings. The Morgan fingerprint density at radius 1 is 0.893 bits per heavy atom. The first-order chi connectivity index (χ1) is 13.8. The van der Waals surface area contributed by atoms with Crippen molar-refractivity contribution in [1.82, 2.24) is 15.3 Å². The number of carbonyl (C=O) groups is 1. The Morgan fingerprint density at radius 3 is 2.57 bits per heavy atom. The van der Waals surface area contributed by atoms with Crippen molar-refractivity contribution in [2.24, 2.45) is 0 Å². The van der Waals surface area contributed by atoms with Gasteiger partial charge in [-0.1, -0.05) is 43.3 Å². The van der Waals surface area contributed by atoms with Crippen molar-refractivity contribution in [2.75, 3.05) is 6.54 Å². The number of hydrogen-bond donors (Lipinski definition) is 3. The highest BCUT2D eigenvalue weighted by Crippen LogP contribution is 2.22. The Labute approximate surface area is 165 Å². The van der Waals surface area contributed by atoms with E-state index in [4.69, 9.17) is 0 Å². The summed E-state index contributed by atoms with van der Waals surface area (Å²) in [6.45, 7) is 2.85. The summed E-state index contributed by atoms with van der Waals surface area (Å²) in [5.41, 5.74) is 6.28. The molecule has 144 valence electrons. The Kier molecular flexibility index (Phi) is 5.47. The summed E-state index contributed by atoms with van der Waals surface area (Å²) in [4.78, 5) is 18.9. The maximum atomic E-state index is 12.2. The number of fused-ring (bicyclic) bond motifs is 2. The van der Waals surface area contributed by atoms with Gasteiger partial charge in [-0.25, -0.2) is 0 Å². The Balaban J connectivity index is 1.25. The number of aryl methyl sites for hydroxylation is 2. The maximum absolute atomic E-state index is 12.2. The van der Waals surface area contributed by atoms with Crippen LogP contribution < -0.4 is 5.32 Å². The number of carbonyl (C=O) groups excluding carboxylic acids is 1. The topological polar surface area (TPSA) is 60.7 Å². The van der Waals surface area contributed by atoms with Gasteiger partial charge in [0, 0.05) is 47.2 Å². The fraction of sp³-hybridized carbons (Fsp3) is 0.292. The summed E-state index contributed by atoms with van der Waals surface area (Å²) in [6, 6.07) is 14.7. The van der Waals surface area contributed by atoms with Gasteiger partial charge in [0.25, 0.3) is 0 Å². The average molecular weight is 374 g/mol. The first-order valence-electron chi connectivity index (χ1n) is 10.2. The summed E-state index contributed by atoms with van der Waals surface area (Å²) in [5.74, 6) is 0.133. The third kappa shape index (κ3) is 3.81. The summed E-state index contributed by atoms with van der Waals surface area (Å²) in [5, 5.41) is 5.60. The van der Waals surface area contributed by atoms with Crippen LogP contribution in [0.5, 0.6) is 0 Å². The molecule has 0 saturated carbocycles. The van der Waals surface area contributed by atoms with Gasteiger partial charge in [0.15, 0.2) is 0 Å². The predicted octanol–water partition coefficient (Wildman–Crippen LogP) is 4.89. The number of H-pyrrole nitrogens is 2. The minimum absolute atomic E-state index is 0.133. The van der Waals surface area contributed by atoms with Crippen LogP contribution in [0.15, 0.2) is 54.9 Å². The van der Waals surface area contributed by atoms with Crippen molar-refractivity contribution in [3.63, 3.8) is 0 Å². The summed E-state index contributed by atoms with van der Waals surface area (Å²) in [6.07, 6.45) is 8.34. The van der Waals surface area contributed by atoms with Gasteiger partial charge in [0.05, 0.1) is 0 Å². The normalized spacial score (nSPS) is 11.3. The number of benzene rings is 2. The van der Waals surface area contributed by atoms with Crippen molar-refractivity contribution in [1.29, 1.82) is 0 Å². The Hall–Kier alpha value is -3.01. The van der Waals surface area contributed by atoms with Crippen LogP contribution in [0.25, 0.3) is 21.8 Å². The van der Waals surface area contributed by atoms with Gasteiger partial charge in [-0.2, -0.15) is 0 Å². The van der Waals surface area contributed by atoms with Gasteiger partial charge < -0.3 is 15.3 Å². The molecule has 0 fully saturated rings. The van der Waals surface area contributed by atoms with E-state index in [1.807, 2.05) is 6.07 Å². The van der Waals surface area contributed by atoms with Crippen molar-refractivity contribution in [3.05, 3.63) is 71.5 Å². The quantitative estimate of drug-likeness (QED) is 0.404. The van der Waals surface area contributed by atoms with Gasteiger partial charge in [-0.05, 0) is 48.4 Å². The fourth-order valence-electron chi connectivity index (χ4n) is 3.98. The summed E-state index contributed by atoms with van der Waals surface area (Å²) in [7, 11) is 0. The third-order valence-electron chi connectivity index (χ3n) is 5.51. The minimum Gasteiger partial charge on any atom is -0.361 e. The van der Waals surface area contributed by atoms with Crippen LogP contribution in [-0.2, 0) is 24.1 Å². The van der Waals surface area contributed by atoms with Crippen LogP contribution in [0, 0.1) is 0 Å². The zero-order valence-corrected chi connectivity index (χ0v) is 16.3. The predicted molar refractivity (Wildman–Crippen MR) is 116 cm³/mol. The molecule has 0 atom stereocenters. The largest absolute Gasteiger partial charge is 0.361 e. The van der Waals surface area contributed by atoms with E-state index in [1.54, 1.807) is 0 Å². The van der Waals surface area contributed by atoms with E-state index in [0.29, 0.717) is 13.0 Å². The standard InChI is InChI=1S/C24H27N3O/c1-2-17-7-5-10-21-19(16-27-24(17)21)13-14-25-23(28)12-6-8-18-15-26-22-11-4-3-9-20(18)22/h3-5,7,9-11,15-16,26-27H,2,6,8,12-14H2,1H3,(H,25,28). The van der Waals surface area contributed by atoms with Crippen LogP contribution in [0.1, 0.15) is 36.5 Å². The molecule has 2 aromatic heterocycles. The maximum Gasteiger partial charge on any atom is 0.220 e. The SMILES string of the molecule is CCc1cccc2c(CCNC(=O)CCCc3c[nH]c4ccccc34)c[nH]c12. The lowest BCUT2D eigenvalue weighted by Gasteiger charge is -2.05. The van der Waals surface area contributed by atoms with Crippen molar-refractivity contribution in [3.8, 4) is 0 Å². The first-order valence-corrected chi connectivity index (χ1v) is 10.2. The monoisotopic (exact) mass is 373 g/mol. The Morgan fingerprint density at radius 2 is 1.68 bits per heavy atom. The lowest BCUT2D eigenvalue weighted by Crippen LogP contribution is -2.25. The number of para-hydroxylation sites is 2. The van der Waals surface area contributed by atoms with E-state index in [2.05, 4.69) is 71.0 Å². The highest BCUT2D eigenvalue weighted by Gasteiger charge is 2.08. The zero-order valence-electron chi connectivity index (χ0n) is 16.3. The van der Waals surface area contributed by atoms with Crippen LogP contribution in [-0.4, -0.2) is 22.4 Å². The molecule has 0 aliphatic rings. The molecule has 4 nitrogen and oxygen atoms in total. The molecule has 0 spiro atoms. The highest BCUT2D eigenvalue weighted by molar-refractivity contribution is 5.86. The van der Waals surface area contributed by atoms with Gasteiger partial charge >= 0.3 is 0 Å². The lowest BCUT2D eigenvalue weighted by molar-refractivity contribution is -0.121. The zero-order chi connectivity index (χ0) is 19.3. The number of aromatic nitrogens is 2. The second-order valence-electron chi connectivity index (χ2n) is 7.32.